The van der Waals surface area contributed by atoms with E-state index in [1.165, 1.54) is 0 Å². The van der Waals surface area contributed by atoms with Gasteiger partial charge in [0.2, 0.25) is 0 Å². The first kappa shape index (κ1) is 14.5. The fraction of sp³-hybridized carbons (Fsp3) is 0.538. The van der Waals surface area contributed by atoms with Crippen molar-refractivity contribution < 1.29 is 14.3 Å². The Balaban J connectivity index is 1.87. The Kier molecular flexibility index (Phi) is 3.11. The average molecular weight is 434 g/mol. The SMILES string of the molecule is CCO[C@@H]1CN2C(=O)c3cc(Br)c(Br)n3[C@@H]3NC(=O)N[C@@]32C1. The van der Waals surface area contributed by atoms with Crippen LogP contribution in [0.2, 0.25) is 0 Å². The zero-order valence-electron chi connectivity index (χ0n) is 11.7. The van der Waals surface area contributed by atoms with Gasteiger partial charge in [-0.15, -0.1) is 0 Å². The number of rotatable bonds is 2. The Morgan fingerprint density at radius 3 is 2.95 bits per heavy atom. The Labute approximate surface area is 143 Å². The van der Waals surface area contributed by atoms with E-state index in [1.807, 2.05) is 11.5 Å². The van der Waals surface area contributed by atoms with Crippen LogP contribution in [0, 0.1) is 0 Å². The largest absolute Gasteiger partial charge is 0.376 e. The predicted octanol–water partition coefficient (Wildman–Crippen LogP) is 1.79. The molecule has 0 aromatic carbocycles. The lowest BCUT2D eigenvalue weighted by molar-refractivity contribution is 0.0308. The number of ether oxygens (including phenoxy) is 1. The lowest BCUT2D eigenvalue weighted by atomic mass is 10.0. The second-order valence-electron chi connectivity index (χ2n) is 5.66. The predicted molar refractivity (Wildman–Crippen MR) is 84.3 cm³/mol. The molecule has 0 bridgehead atoms. The Morgan fingerprint density at radius 2 is 2.23 bits per heavy atom. The van der Waals surface area contributed by atoms with Crippen molar-refractivity contribution in [3.8, 4) is 0 Å². The van der Waals surface area contributed by atoms with E-state index in [2.05, 4.69) is 42.5 Å². The molecule has 1 aromatic rings. The molecule has 22 heavy (non-hydrogen) atoms. The standard InChI is InChI=1S/C13H14Br2N4O3/c1-2-22-6-4-13-11(16-12(21)17-13)19-8(3-7(14)9(19)15)10(20)18(13)5-6/h3,6,11H,2,4-5H2,1H3,(H2,16,17,21)/t6-,11-,13+/m0/s1. The van der Waals surface area contributed by atoms with E-state index < -0.39 is 5.66 Å². The molecule has 3 aliphatic rings. The first-order valence-corrected chi connectivity index (χ1v) is 8.65. The lowest BCUT2D eigenvalue weighted by Gasteiger charge is -2.43. The molecular weight excluding hydrogens is 420 g/mol. The quantitative estimate of drug-likeness (QED) is 0.746. The highest BCUT2D eigenvalue weighted by Gasteiger charge is 2.62. The molecule has 2 N–H and O–H groups in total. The molecule has 4 heterocycles. The number of nitrogens with zero attached hydrogens (tertiary/aromatic N) is 2. The van der Waals surface area contributed by atoms with Crippen LogP contribution in [0.3, 0.4) is 0 Å². The molecule has 9 heteroatoms. The molecule has 3 atom stereocenters. The second kappa shape index (κ2) is 4.72. The fourth-order valence-corrected chi connectivity index (χ4v) is 4.64. The van der Waals surface area contributed by atoms with Gasteiger partial charge in [0.25, 0.3) is 5.91 Å². The molecule has 2 saturated heterocycles. The number of hydrogen-bond donors (Lipinski definition) is 2. The second-order valence-corrected chi connectivity index (χ2v) is 7.27. The highest BCUT2D eigenvalue weighted by atomic mass is 79.9. The molecule has 118 valence electrons. The molecule has 1 spiro atoms. The van der Waals surface area contributed by atoms with Crippen LogP contribution in [0.5, 0.6) is 0 Å². The van der Waals surface area contributed by atoms with Crippen LogP contribution in [-0.2, 0) is 4.74 Å². The molecule has 3 amide bonds. The molecular formula is C13H14Br2N4O3. The minimum absolute atomic E-state index is 0.0801. The Morgan fingerprint density at radius 1 is 1.45 bits per heavy atom. The summed E-state index contributed by atoms with van der Waals surface area (Å²) >= 11 is 6.93. The van der Waals surface area contributed by atoms with Gasteiger partial charge in [0.05, 0.1) is 10.6 Å². The number of aromatic nitrogens is 1. The van der Waals surface area contributed by atoms with Gasteiger partial charge in [0.1, 0.15) is 10.3 Å². The maximum absolute atomic E-state index is 12.9. The molecule has 0 aliphatic carbocycles. The normalized spacial score (nSPS) is 32.4. The molecule has 1 aromatic heterocycles. The Hall–Kier alpha value is -1.06. The molecule has 3 aliphatic heterocycles. The number of carbonyl (C=O) groups is 2. The van der Waals surface area contributed by atoms with E-state index in [4.69, 9.17) is 4.74 Å². The number of nitrogens with one attached hydrogen (secondary N) is 2. The van der Waals surface area contributed by atoms with Gasteiger partial charge < -0.3 is 24.8 Å². The monoisotopic (exact) mass is 432 g/mol. The number of carbonyl (C=O) groups excluding carboxylic acids is 2. The number of fused-ring (bicyclic) bond motifs is 2. The first-order chi connectivity index (χ1) is 10.5. The fourth-order valence-electron chi connectivity index (χ4n) is 3.73. The summed E-state index contributed by atoms with van der Waals surface area (Å²) in [4.78, 5) is 26.6. The molecule has 0 radical (unpaired) electrons. The number of amides is 3. The summed E-state index contributed by atoms with van der Waals surface area (Å²) in [5.74, 6) is -0.103. The number of hydrogen-bond acceptors (Lipinski definition) is 3. The third-order valence-corrected chi connectivity index (χ3v) is 6.46. The van der Waals surface area contributed by atoms with Crippen LogP contribution in [0.4, 0.5) is 4.79 Å². The summed E-state index contributed by atoms with van der Waals surface area (Å²) in [7, 11) is 0. The van der Waals surface area contributed by atoms with Crippen molar-refractivity contribution in [2.24, 2.45) is 0 Å². The minimum atomic E-state index is -0.776. The van der Waals surface area contributed by atoms with Gasteiger partial charge in [-0.3, -0.25) is 4.79 Å². The molecule has 0 saturated carbocycles. The summed E-state index contributed by atoms with van der Waals surface area (Å²) in [5.41, 5.74) is -0.234. The molecule has 4 rings (SSSR count). The van der Waals surface area contributed by atoms with Crippen LogP contribution in [0.25, 0.3) is 0 Å². The molecule has 7 nitrogen and oxygen atoms in total. The topological polar surface area (TPSA) is 75.6 Å². The summed E-state index contributed by atoms with van der Waals surface area (Å²) in [6, 6.07) is 1.50. The van der Waals surface area contributed by atoms with Crippen LogP contribution < -0.4 is 10.6 Å². The van der Waals surface area contributed by atoms with Crippen molar-refractivity contribution in [3.63, 3.8) is 0 Å². The van der Waals surface area contributed by atoms with Gasteiger partial charge in [-0.2, -0.15) is 0 Å². The zero-order valence-corrected chi connectivity index (χ0v) is 14.9. The van der Waals surface area contributed by atoms with Gasteiger partial charge >= 0.3 is 6.03 Å². The van der Waals surface area contributed by atoms with E-state index in [9.17, 15) is 9.59 Å². The van der Waals surface area contributed by atoms with Crippen molar-refractivity contribution in [1.29, 1.82) is 0 Å². The van der Waals surface area contributed by atoms with Crippen molar-refractivity contribution in [2.45, 2.75) is 31.3 Å². The lowest BCUT2D eigenvalue weighted by Crippen LogP contribution is -2.62. The van der Waals surface area contributed by atoms with Crippen LogP contribution in [0.15, 0.2) is 15.1 Å². The highest BCUT2D eigenvalue weighted by molar-refractivity contribution is 9.13. The number of urea groups is 1. The summed E-state index contributed by atoms with van der Waals surface area (Å²) in [6.07, 6.45) is 0.125. The summed E-state index contributed by atoms with van der Waals surface area (Å²) in [6.45, 7) is 2.99. The smallest absolute Gasteiger partial charge is 0.318 e. The van der Waals surface area contributed by atoms with Crippen LogP contribution in [-0.4, -0.2) is 46.3 Å². The summed E-state index contributed by atoms with van der Waals surface area (Å²) < 4.78 is 9.06. The maximum atomic E-state index is 12.9. The first-order valence-electron chi connectivity index (χ1n) is 7.06. The van der Waals surface area contributed by atoms with Crippen molar-refractivity contribution >= 4 is 43.8 Å². The van der Waals surface area contributed by atoms with E-state index >= 15 is 0 Å². The van der Waals surface area contributed by atoms with Gasteiger partial charge in [-0.25, -0.2) is 4.79 Å². The zero-order chi connectivity index (χ0) is 15.6. The minimum Gasteiger partial charge on any atom is -0.376 e. The summed E-state index contributed by atoms with van der Waals surface area (Å²) in [5, 5.41) is 5.87. The van der Waals surface area contributed by atoms with Crippen molar-refractivity contribution in [2.75, 3.05) is 13.2 Å². The number of halogens is 2. The van der Waals surface area contributed by atoms with Gasteiger partial charge in [-0.05, 0) is 44.8 Å². The van der Waals surface area contributed by atoms with Gasteiger partial charge in [0, 0.05) is 19.6 Å². The third-order valence-electron chi connectivity index (χ3n) is 4.51. The molecule has 2 fully saturated rings. The van der Waals surface area contributed by atoms with Crippen LogP contribution >= 0.6 is 31.9 Å². The van der Waals surface area contributed by atoms with Crippen LogP contribution in [0.1, 0.15) is 30.0 Å². The van der Waals surface area contributed by atoms with Gasteiger partial charge in [0.15, 0.2) is 11.8 Å². The Bertz CT molecular complexity index is 691. The van der Waals surface area contributed by atoms with E-state index in [0.717, 1.165) is 9.08 Å². The van der Waals surface area contributed by atoms with Crippen molar-refractivity contribution in [1.82, 2.24) is 20.1 Å². The van der Waals surface area contributed by atoms with Crippen molar-refractivity contribution in [3.05, 3.63) is 20.8 Å². The molecule has 0 unspecified atom stereocenters. The van der Waals surface area contributed by atoms with E-state index in [-0.39, 0.29) is 24.2 Å². The average Bonchev–Trinajstić information content (AvgIpc) is 3.07. The third kappa shape index (κ3) is 1.70. The van der Waals surface area contributed by atoms with Gasteiger partial charge in [-0.1, -0.05) is 0 Å². The van der Waals surface area contributed by atoms with E-state index in [0.29, 0.717) is 25.3 Å². The maximum Gasteiger partial charge on any atom is 0.318 e. The highest BCUT2D eigenvalue weighted by Crippen LogP contribution is 2.47. The van der Waals surface area contributed by atoms with E-state index in [1.54, 1.807) is 11.0 Å².